The Kier molecular flexibility index (Phi) is 6.07. The van der Waals surface area contributed by atoms with Crippen LogP contribution in [-0.2, 0) is 13.1 Å². The van der Waals surface area contributed by atoms with Crippen molar-refractivity contribution in [1.29, 1.82) is 0 Å². The molecule has 0 radical (unpaired) electrons. The van der Waals surface area contributed by atoms with Crippen molar-refractivity contribution in [1.82, 2.24) is 15.1 Å². The molecule has 0 bridgehead atoms. The van der Waals surface area contributed by atoms with Gasteiger partial charge in [-0.1, -0.05) is 20.8 Å². The smallest absolute Gasteiger partial charge is 0.118 e. The number of piperazine rings is 1. The second-order valence-corrected chi connectivity index (χ2v) is 6.12. The molecule has 2 rings (SSSR count). The Hall–Kier alpha value is -0.840. The van der Waals surface area contributed by atoms with Crippen molar-refractivity contribution in [3.8, 4) is 0 Å². The second-order valence-electron chi connectivity index (χ2n) is 6.12. The van der Waals surface area contributed by atoms with E-state index in [1.165, 1.54) is 19.6 Å². The minimum atomic E-state index is 0.764. The quantitative estimate of drug-likeness (QED) is 0.829. The summed E-state index contributed by atoms with van der Waals surface area (Å²) in [7, 11) is 0. The summed E-state index contributed by atoms with van der Waals surface area (Å²) in [5.41, 5.74) is 0. The van der Waals surface area contributed by atoms with Crippen LogP contribution in [0.25, 0.3) is 0 Å². The molecule has 1 aliphatic heterocycles. The molecule has 0 amide bonds. The summed E-state index contributed by atoms with van der Waals surface area (Å²) < 4.78 is 5.86. The molecule has 2 heterocycles. The molecule has 0 saturated carbocycles. The Labute approximate surface area is 123 Å². The molecule has 1 saturated heterocycles. The van der Waals surface area contributed by atoms with Gasteiger partial charge in [0.25, 0.3) is 0 Å². The number of rotatable bonds is 7. The van der Waals surface area contributed by atoms with E-state index in [0.717, 1.165) is 50.2 Å². The first kappa shape index (κ1) is 15.5. The predicted octanol–water partition coefficient (Wildman–Crippen LogP) is 2.16. The van der Waals surface area contributed by atoms with Crippen LogP contribution in [-0.4, -0.2) is 49.1 Å². The summed E-state index contributed by atoms with van der Waals surface area (Å²) in [5, 5.41) is 3.29. The normalized spacial score (nSPS) is 18.0. The van der Waals surface area contributed by atoms with E-state index < -0.39 is 0 Å². The molecule has 0 spiro atoms. The summed E-state index contributed by atoms with van der Waals surface area (Å²) >= 11 is 0. The van der Waals surface area contributed by atoms with Crippen molar-refractivity contribution in [2.45, 2.75) is 33.9 Å². The number of nitrogens with one attached hydrogen (secondary N) is 1. The lowest BCUT2D eigenvalue weighted by atomic mass is 10.2. The van der Waals surface area contributed by atoms with Gasteiger partial charge in [0.05, 0.1) is 13.1 Å². The van der Waals surface area contributed by atoms with E-state index in [-0.39, 0.29) is 0 Å². The lowest BCUT2D eigenvalue weighted by Crippen LogP contribution is -2.46. The van der Waals surface area contributed by atoms with Crippen LogP contribution >= 0.6 is 0 Å². The minimum absolute atomic E-state index is 0.764. The standard InChI is InChI=1S/C16H29N3O/c1-4-17-11-15-5-6-16(20-15)13-19-9-7-18(8-10-19)12-14(2)3/h5-6,14,17H,4,7-13H2,1-3H3. The van der Waals surface area contributed by atoms with Crippen LogP contribution in [0, 0.1) is 5.92 Å². The zero-order valence-electron chi connectivity index (χ0n) is 13.2. The summed E-state index contributed by atoms with van der Waals surface area (Å²) in [5.74, 6) is 2.90. The molecule has 0 aliphatic carbocycles. The van der Waals surface area contributed by atoms with Crippen LogP contribution in [0.2, 0.25) is 0 Å². The van der Waals surface area contributed by atoms with Crippen molar-refractivity contribution in [2.24, 2.45) is 5.92 Å². The van der Waals surface area contributed by atoms with Gasteiger partial charge in [-0.05, 0) is 24.6 Å². The predicted molar refractivity (Wildman–Crippen MR) is 82.6 cm³/mol. The summed E-state index contributed by atoms with van der Waals surface area (Å²) in [6.45, 7) is 15.3. The maximum Gasteiger partial charge on any atom is 0.118 e. The summed E-state index contributed by atoms with van der Waals surface area (Å²) in [4.78, 5) is 5.06. The van der Waals surface area contributed by atoms with Crippen LogP contribution in [0.4, 0.5) is 0 Å². The van der Waals surface area contributed by atoms with E-state index in [4.69, 9.17) is 4.42 Å². The Bertz CT molecular complexity index is 381. The van der Waals surface area contributed by atoms with E-state index in [0.29, 0.717) is 0 Å². The number of furan rings is 1. The van der Waals surface area contributed by atoms with Crippen LogP contribution in [0.1, 0.15) is 32.3 Å². The molecule has 1 N–H and O–H groups in total. The summed E-state index contributed by atoms with van der Waals surface area (Å²) in [6.07, 6.45) is 0. The van der Waals surface area contributed by atoms with Gasteiger partial charge in [0.15, 0.2) is 0 Å². The topological polar surface area (TPSA) is 31.6 Å². The SMILES string of the molecule is CCNCc1ccc(CN2CCN(CC(C)C)CC2)o1. The first-order chi connectivity index (χ1) is 9.67. The maximum absolute atomic E-state index is 5.86. The minimum Gasteiger partial charge on any atom is -0.463 e. The van der Waals surface area contributed by atoms with E-state index in [9.17, 15) is 0 Å². The average Bonchev–Trinajstić information content (AvgIpc) is 2.86. The molecule has 4 nitrogen and oxygen atoms in total. The zero-order chi connectivity index (χ0) is 14.4. The molecule has 0 atom stereocenters. The van der Waals surface area contributed by atoms with Crippen molar-refractivity contribution >= 4 is 0 Å². The molecule has 4 heteroatoms. The highest BCUT2D eigenvalue weighted by molar-refractivity contribution is 5.07. The third kappa shape index (κ3) is 4.93. The summed E-state index contributed by atoms with van der Waals surface area (Å²) in [6, 6.07) is 4.21. The van der Waals surface area contributed by atoms with Gasteiger partial charge in [-0.25, -0.2) is 0 Å². The van der Waals surface area contributed by atoms with Gasteiger partial charge in [0, 0.05) is 32.7 Å². The van der Waals surface area contributed by atoms with Crippen LogP contribution < -0.4 is 5.32 Å². The molecular weight excluding hydrogens is 250 g/mol. The van der Waals surface area contributed by atoms with Crippen molar-refractivity contribution in [2.75, 3.05) is 39.3 Å². The third-order valence-corrected chi connectivity index (χ3v) is 3.73. The maximum atomic E-state index is 5.86. The van der Waals surface area contributed by atoms with Crippen molar-refractivity contribution in [3.63, 3.8) is 0 Å². The number of hydrogen-bond donors (Lipinski definition) is 1. The first-order valence-electron chi connectivity index (χ1n) is 7.90. The fourth-order valence-corrected chi connectivity index (χ4v) is 2.72. The van der Waals surface area contributed by atoms with E-state index in [1.54, 1.807) is 0 Å². The van der Waals surface area contributed by atoms with Gasteiger partial charge < -0.3 is 14.6 Å². The molecular formula is C16H29N3O. The van der Waals surface area contributed by atoms with Crippen LogP contribution in [0.15, 0.2) is 16.5 Å². The van der Waals surface area contributed by atoms with Gasteiger partial charge in [0.1, 0.15) is 11.5 Å². The van der Waals surface area contributed by atoms with Crippen LogP contribution in [0.5, 0.6) is 0 Å². The molecule has 0 unspecified atom stereocenters. The largest absolute Gasteiger partial charge is 0.463 e. The monoisotopic (exact) mass is 279 g/mol. The average molecular weight is 279 g/mol. The second kappa shape index (κ2) is 7.81. The van der Waals surface area contributed by atoms with E-state index in [2.05, 4.69) is 48.0 Å². The fraction of sp³-hybridized carbons (Fsp3) is 0.750. The Morgan fingerprint density at radius 1 is 1.10 bits per heavy atom. The van der Waals surface area contributed by atoms with Gasteiger partial charge in [-0.2, -0.15) is 0 Å². The number of hydrogen-bond acceptors (Lipinski definition) is 4. The van der Waals surface area contributed by atoms with Gasteiger partial charge in [-0.15, -0.1) is 0 Å². The molecule has 1 aromatic rings. The highest BCUT2D eigenvalue weighted by Crippen LogP contribution is 2.13. The van der Waals surface area contributed by atoms with Gasteiger partial charge in [0.2, 0.25) is 0 Å². The van der Waals surface area contributed by atoms with Gasteiger partial charge in [-0.3, -0.25) is 4.90 Å². The molecule has 0 aromatic carbocycles. The molecule has 1 aliphatic rings. The Morgan fingerprint density at radius 3 is 2.40 bits per heavy atom. The van der Waals surface area contributed by atoms with Crippen molar-refractivity contribution in [3.05, 3.63) is 23.7 Å². The van der Waals surface area contributed by atoms with E-state index in [1.807, 2.05) is 0 Å². The fourth-order valence-electron chi connectivity index (χ4n) is 2.72. The molecule has 1 fully saturated rings. The Balaban J connectivity index is 1.73. The highest BCUT2D eigenvalue weighted by Gasteiger charge is 2.18. The lowest BCUT2D eigenvalue weighted by molar-refractivity contribution is 0.111. The Morgan fingerprint density at radius 2 is 1.75 bits per heavy atom. The van der Waals surface area contributed by atoms with E-state index >= 15 is 0 Å². The first-order valence-corrected chi connectivity index (χ1v) is 7.90. The van der Waals surface area contributed by atoms with Gasteiger partial charge >= 0.3 is 0 Å². The lowest BCUT2D eigenvalue weighted by Gasteiger charge is -2.35. The molecule has 114 valence electrons. The number of nitrogens with zero attached hydrogens (tertiary/aromatic N) is 2. The molecule has 20 heavy (non-hydrogen) atoms. The van der Waals surface area contributed by atoms with Crippen LogP contribution in [0.3, 0.4) is 0 Å². The van der Waals surface area contributed by atoms with Crippen molar-refractivity contribution < 1.29 is 4.42 Å². The molecule has 1 aromatic heterocycles. The third-order valence-electron chi connectivity index (χ3n) is 3.73. The highest BCUT2D eigenvalue weighted by atomic mass is 16.3. The zero-order valence-corrected chi connectivity index (χ0v) is 13.2.